The first-order valence-electron chi connectivity index (χ1n) is 13.7. The van der Waals surface area contributed by atoms with Crippen molar-refractivity contribution in [2.24, 2.45) is 17.3 Å². The van der Waals surface area contributed by atoms with Crippen molar-refractivity contribution in [3.8, 4) is 0 Å². The van der Waals surface area contributed by atoms with E-state index in [4.69, 9.17) is 0 Å². The van der Waals surface area contributed by atoms with Gasteiger partial charge in [-0.1, -0.05) is 63.5 Å². The standard InChI is InChI=1S/C29H44N4O2/c1-4-5-7-12-27(34)33(22-23-13-14-24-21-26(23)29(24,2)3)20-17-31-15-18-32(19-16-31)28(35)30-25-10-8-6-9-11-25/h6,8-11,13,24,26H,4-5,7,12,14-22H2,1-3H3,(H,30,35). The number of unbranched alkanes of at least 4 members (excludes halogenated alkanes) is 2. The average molecular weight is 481 g/mol. The van der Waals surface area contributed by atoms with E-state index in [-0.39, 0.29) is 6.03 Å². The fourth-order valence-electron chi connectivity index (χ4n) is 6.01. The summed E-state index contributed by atoms with van der Waals surface area (Å²) >= 11 is 0. The number of nitrogens with one attached hydrogen (secondary N) is 1. The molecule has 2 unspecified atom stereocenters. The van der Waals surface area contributed by atoms with Crippen LogP contribution in [0.2, 0.25) is 0 Å². The summed E-state index contributed by atoms with van der Waals surface area (Å²) in [5.41, 5.74) is 2.70. The van der Waals surface area contributed by atoms with Crippen LogP contribution in [-0.2, 0) is 4.79 Å². The molecular formula is C29H44N4O2. The lowest BCUT2D eigenvalue weighted by molar-refractivity contribution is -0.131. The monoisotopic (exact) mass is 480 g/mol. The molecule has 3 amide bonds. The molecule has 2 atom stereocenters. The van der Waals surface area contributed by atoms with Crippen LogP contribution in [0.4, 0.5) is 10.5 Å². The zero-order chi connectivity index (χ0) is 24.8. The van der Waals surface area contributed by atoms with Gasteiger partial charge in [-0.2, -0.15) is 0 Å². The van der Waals surface area contributed by atoms with Crippen molar-refractivity contribution in [3.05, 3.63) is 42.0 Å². The fourth-order valence-corrected chi connectivity index (χ4v) is 6.01. The molecule has 1 aromatic carbocycles. The van der Waals surface area contributed by atoms with E-state index in [1.165, 1.54) is 18.4 Å². The molecule has 1 saturated heterocycles. The van der Waals surface area contributed by atoms with E-state index in [0.29, 0.717) is 36.8 Å². The summed E-state index contributed by atoms with van der Waals surface area (Å²) in [5, 5.41) is 2.99. The van der Waals surface area contributed by atoms with Gasteiger partial charge in [-0.25, -0.2) is 4.79 Å². The van der Waals surface area contributed by atoms with E-state index < -0.39 is 0 Å². The number of amides is 3. The van der Waals surface area contributed by atoms with Gasteiger partial charge < -0.3 is 15.1 Å². The molecule has 1 aromatic rings. The predicted octanol–water partition coefficient (Wildman–Crippen LogP) is 5.24. The number of urea groups is 1. The minimum absolute atomic E-state index is 0.0331. The molecule has 0 aromatic heterocycles. The quantitative estimate of drug-likeness (QED) is 0.368. The SMILES string of the molecule is CCCCCC(=O)N(CCN1CCN(C(=O)Nc2ccccc2)CC1)CC1=CCC2CC1C2(C)C. The van der Waals surface area contributed by atoms with Gasteiger partial charge in [-0.15, -0.1) is 0 Å². The fraction of sp³-hybridized carbons (Fsp3) is 0.655. The van der Waals surface area contributed by atoms with Gasteiger partial charge in [0.05, 0.1) is 0 Å². The number of piperazine rings is 1. The Hall–Kier alpha value is -2.34. The number of rotatable bonds is 10. The maximum atomic E-state index is 13.2. The Labute approximate surface area is 211 Å². The molecule has 1 aliphatic heterocycles. The van der Waals surface area contributed by atoms with Crippen LogP contribution in [0, 0.1) is 17.3 Å². The van der Waals surface area contributed by atoms with Gasteiger partial charge in [0.15, 0.2) is 0 Å². The van der Waals surface area contributed by atoms with E-state index in [1.807, 2.05) is 35.2 Å². The number of para-hydroxylation sites is 1. The maximum absolute atomic E-state index is 13.2. The normalized spacial score (nSPS) is 23.3. The second-order valence-electron chi connectivity index (χ2n) is 11.2. The maximum Gasteiger partial charge on any atom is 0.321 e. The average Bonchev–Trinajstić information content (AvgIpc) is 2.87. The summed E-state index contributed by atoms with van der Waals surface area (Å²) < 4.78 is 0. The molecule has 0 radical (unpaired) electrons. The Balaban J connectivity index is 1.27. The van der Waals surface area contributed by atoms with Gasteiger partial charge in [-0.05, 0) is 48.6 Å². The third-order valence-corrected chi connectivity index (χ3v) is 8.67. The van der Waals surface area contributed by atoms with Crippen molar-refractivity contribution in [1.29, 1.82) is 0 Å². The first-order chi connectivity index (χ1) is 16.9. The lowest BCUT2D eigenvalue weighted by atomic mass is 9.49. The number of hydrogen-bond donors (Lipinski definition) is 1. The zero-order valence-corrected chi connectivity index (χ0v) is 22.0. The summed E-state index contributed by atoms with van der Waals surface area (Å²) in [7, 11) is 0. The number of hydrogen-bond acceptors (Lipinski definition) is 3. The van der Waals surface area contributed by atoms with Gasteiger partial charge in [0.25, 0.3) is 0 Å². The van der Waals surface area contributed by atoms with Crippen LogP contribution in [0.25, 0.3) is 0 Å². The molecule has 1 saturated carbocycles. The van der Waals surface area contributed by atoms with Crippen LogP contribution >= 0.6 is 0 Å². The lowest BCUT2D eigenvalue weighted by Gasteiger charge is -2.57. The largest absolute Gasteiger partial charge is 0.337 e. The number of carbonyl (C=O) groups excluding carboxylic acids is 2. The number of nitrogens with zero attached hydrogens (tertiary/aromatic N) is 3. The van der Waals surface area contributed by atoms with Crippen molar-refractivity contribution in [3.63, 3.8) is 0 Å². The molecule has 6 heteroatoms. The van der Waals surface area contributed by atoms with Crippen LogP contribution in [0.1, 0.15) is 59.3 Å². The topological polar surface area (TPSA) is 55.9 Å². The number of anilines is 1. The highest BCUT2D eigenvalue weighted by Gasteiger charge is 2.51. The van der Waals surface area contributed by atoms with E-state index in [0.717, 1.165) is 63.6 Å². The van der Waals surface area contributed by atoms with Gasteiger partial charge in [0.2, 0.25) is 5.91 Å². The highest BCUT2D eigenvalue weighted by molar-refractivity contribution is 5.89. The Morgan fingerprint density at radius 2 is 1.83 bits per heavy atom. The van der Waals surface area contributed by atoms with Crippen LogP contribution in [0.3, 0.4) is 0 Å². The molecule has 4 aliphatic rings. The second-order valence-corrected chi connectivity index (χ2v) is 11.2. The third-order valence-electron chi connectivity index (χ3n) is 8.67. The summed E-state index contributed by atoms with van der Waals surface area (Å²) in [6.07, 6.45) is 8.79. The first kappa shape index (κ1) is 25.7. The molecule has 2 bridgehead atoms. The molecule has 5 rings (SSSR count). The van der Waals surface area contributed by atoms with E-state index in [1.54, 1.807) is 0 Å². The molecule has 192 valence electrons. The summed E-state index contributed by atoms with van der Waals surface area (Å²) in [6, 6.07) is 9.59. The highest BCUT2D eigenvalue weighted by Crippen LogP contribution is 2.59. The number of benzene rings is 1. The molecule has 0 spiro atoms. The Bertz CT molecular complexity index is 889. The third kappa shape index (κ3) is 6.27. The summed E-state index contributed by atoms with van der Waals surface area (Å²) in [4.78, 5) is 32.2. The van der Waals surface area contributed by atoms with Crippen molar-refractivity contribution >= 4 is 17.6 Å². The molecular weight excluding hydrogens is 436 g/mol. The van der Waals surface area contributed by atoms with Crippen molar-refractivity contribution < 1.29 is 9.59 Å². The predicted molar refractivity (Wildman–Crippen MR) is 142 cm³/mol. The number of fused-ring (bicyclic) bond motifs is 1. The van der Waals surface area contributed by atoms with Crippen LogP contribution in [0.5, 0.6) is 0 Å². The van der Waals surface area contributed by atoms with Gasteiger partial charge >= 0.3 is 6.03 Å². The summed E-state index contributed by atoms with van der Waals surface area (Å²) in [5.74, 6) is 1.76. The smallest absolute Gasteiger partial charge is 0.321 e. The van der Waals surface area contributed by atoms with Crippen LogP contribution in [-0.4, -0.2) is 72.5 Å². The van der Waals surface area contributed by atoms with E-state index in [9.17, 15) is 9.59 Å². The Morgan fingerprint density at radius 1 is 1.09 bits per heavy atom. The van der Waals surface area contributed by atoms with Crippen molar-refractivity contribution in [2.75, 3.05) is 51.1 Å². The summed E-state index contributed by atoms with van der Waals surface area (Å²) in [6.45, 7) is 12.6. The van der Waals surface area contributed by atoms with Crippen LogP contribution in [0.15, 0.2) is 42.0 Å². The van der Waals surface area contributed by atoms with Crippen molar-refractivity contribution in [1.82, 2.24) is 14.7 Å². The highest BCUT2D eigenvalue weighted by atomic mass is 16.2. The van der Waals surface area contributed by atoms with E-state index >= 15 is 0 Å². The first-order valence-corrected chi connectivity index (χ1v) is 13.7. The molecule has 1 N–H and O–H groups in total. The minimum Gasteiger partial charge on any atom is -0.337 e. The van der Waals surface area contributed by atoms with Gasteiger partial charge in [0, 0.05) is 57.9 Å². The van der Waals surface area contributed by atoms with Crippen LogP contribution < -0.4 is 5.32 Å². The molecule has 2 fully saturated rings. The van der Waals surface area contributed by atoms with E-state index in [2.05, 4.69) is 42.0 Å². The lowest BCUT2D eigenvalue weighted by Crippen LogP contribution is -2.52. The zero-order valence-electron chi connectivity index (χ0n) is 22.0. The Kier molecular flexibility index (Phi) is 8.53. The van der Waals surface area contributed by atoms with Crippen molar-refractivity contribution in [2.45, 2.75) is 59.3 Å². The molecule has 1 heterocycles. The minimum atomic E-state index is -0.0331. The number of allylic oxidation sites excluding steroid dienone is 1. The molecule has 6 nitrogen and oxygen atoms in total. The second kappa shape index (κ2) is 11.6. The number of carbonyl (C=O) groups is 2. The Morgan fingerprint density at radius 3 is 2.49 bits per heavy atom. The molecule has 3 aliphatic carbocycles. The van der Waals surface area contributed by atoms with Gasteiger partial charge in [-0.3, -0.25) is 9.69 Å². The molecule has 35 heavy (non-hydrogen) atoms. The van der Waals surface area contributed by atoms with Gasteiger partial charge in [0.1, 0.15) is 0 Å².